The van der Waals surface area contributed by atoms with Gasteiger partial charge in [0, 0.05) is 38.6 Å². The molecule has 1 amide bonds. The van der Waals surface area contributed by atoms with Crippen LogP contribution in [-0.4, -0.2) is 65.0 Å². The minimum absolute atomic E-state index is 0.00747. The second kappa shape index (κ2) is 10.1. The van der Waals surface area contributed by atoms with Crippen molar-refractivity contribution < 1.29 is 18.0 Å². The second-order valence-electron chi connectivity index (χ2n) is 9.66. The van der Waals surface area contributed by atoms with Crippen LogP contribution in [0.1, 0.15) is 53.6 Å². The molecule has 37 heavy (non-hydrogen) atoms. The van der Waals surface area contributed by atoms with Crippen molar-refractivity contribution in [1.82, 2.24) is 25.2 Å². The van der Waals surface area contributed by atoms with Crippen LogP contribution in [0, 0.1) is 0 Å². The zero-order valence-electron chi connectivity index (χ0n) is 20.5. The SMILES string of the molecule is CNC(=O)c1ccc(N2CCC(N3CCCC(c4nc5ccccc5c(=O)[nH]4)C3)CC2)c(C(F)(F)F)n1. The molecule has 2 N–H and O–H groups in total. The van der Waals surface area contributed by atoms with Gasteiger partial charge in [0.15, 0.2) is 5.69 Å². The maximum absolute atomic E-state index is 13.8. The molecular weight excluding hydrogens is 485 g/mol. The third-order valence-electron chi connectivity index (χ3n) is 7.39. The van der Waals surface area contributed by atoms with E-state index in [0.717, 1.165) is 25.9 Å². The molecule has 2 fully saturated rings. The Kier molecular flexibility index (Phi) is 6.89. The number of alkyl halides is 3. The van der Waals surface area contributed by atoms with Crippen molar-refractivity contribution in [2.75, 3.05) is 38.1 Å². The number of carbonyl (C=O) groups is 1. The van der Waals surface area contributed by atoms with E-state index in [0.29, 0.717) is 42.7 Å². The summed E-state index contributed by atoms with van der Waals surface area (Å²) in [5.74, 6) is 0.142. The van der Waals surface area contributed by atoms with Crippen LogP contribution in [0.15, 0.2) is 41.2 Å². The number of hydrogen-bond acceptors (Lipinski definition) is 6. The van der Waals surface area contributed by atoms with Crippen LogP contribution >= 0.6 is 0 Å². The molecule has 0 bridgehead atoms. The number of pyridine rings is 1. The van der Waals surface area contributed by atoms with Gasteiger partial charge in [-0.1, -0.05) is 12.1 Å². The van der Waals surface area contributed by atoms with Crippen molar-refractivity contribution in [3.63, 3.8) is 0 Å². The molecule has 3 aromatic rings. The van der Waals surface area contributed by atoms with Gasteiger partial charge < -0.3 is 15.2 Å². The first-order valence-electron chi connectivity index (χ1n) is 12.5. The van der Waals surface area contributed by atoms with Gasteiger partial charge in [0.1, 0.15) is 11.5 Å². The Balaban J connectivity index is 1.28. The molecule has 2 saturated heterocycles. The summed E-state index contributed by atoms with van der Waals surface area (Å²) in [6, 6.07) is 10.2. The summed E-state index contributed by atoms with van der Waals surface area (Å²) in [7, 11) is 1.36. The average molecular weight is 515 g/mol. The largest absolute Gasteiger partial charge is 0.435 e. The topological polar surface area (TPSA) is 94.2 Å². The van der Waals surface area contributed by atoms with Gasteiger partial charge >= 0.3 is 6.18 Å². The van der Waals surface area contributed by atoms with Gasteiger partial charge in [-0.05, 0) is 56.5 Å². The van der Waals surface area contributed by atoms with E-state index in [9.17, 15) is 22.8 Å². The van der Waals surface area contributed by atoms with Gasteiger partial charge in [-0.25, -0.2) is 9.97 Å². The van der Waals surface area contributed by atoms with Crippen molar-refractivity contribution >= 4 is 22.5 Å². The van der Waals surface area contributed by atoms with Crippen LogP contribution < -0.4 is 15.8 Å². The number of nitrogens with zero attached hydrogens (tertiary/aromatic N) is 4. The number of hydrogen-bond donors (Lipinski definition) is 2. The molecule has 1 atom stereocenters. The lowest BCUT2D eigenvalue weighted by molar-refractivity contribution is -0.140. The number of benzene rings is 1. The second-order valence-corrected chi connectivity index (χ2v) is 9.66. The van der Waals surface area contributed by atoms with Gasteiger partial charge in [0.2, 0.25) is 0 Å². The number of nitrogens with one attached hydrogen (secondary N) is 2. The Morgan fingerprint density at radius 3 is 2.54 bits per heavy atom. The van der Waals surface area contributed by atoms with Crippen molar-refractivity contribution in [2.45, 2.75) is 43.8 Å². The third kappa shape index (κ3) is 5.18. The monoisotopic (exact) mass is 514 g/mol. The van der Waals surface area contributed by atoms with E-state index in [1.54, 1.807) is 11.0 Å². The molecule has 0 radical (unpaired) electrons. The maximum atomic E-state index is 13.8. The van der Waals surface area contributed by atoms with E-state index in [-0.39, 0.29) is 28.9 Å². The van der Waals surface area contributed by atoms with Gasteiger partial charge in [0.05, 0.1) is 16.6 Å². The summed E-state index contributed by atoms with van der Waals surface area (Å²) in [6.45, 7) is 2.58. The molecule has 1 aromatic carbocycles. The molecule has 0 saturated carbocycles. The van der Waals surface area contributed by atoms with Gasteiger partial charge in [-0.3, -0.25) is 14.5 Å². The van der Waals surface area contributed by atoms with E-state index in [1.807, 2.05) is 18.2 Å². The van der Waals surface area contributed by atoms with Crippen LogP contribution in [0.3, 0.4) is 0 Å². The minimum Gasteiger partial charge on any atom is -0.370 e. The molecular formula is C26H29F3N6O2. The Morgan fingerprint density at radius 2 is 1.81 bits per heavy atom. The Labute approximate surface area is 211 Å². The standard InChI is InChI=1S/C26H29F3N6O2/c1-30-25(37)20-8-9-21(22(31-20)26(27,28)29)34-13-10-17(11-14-34)35-12-4-5-16(15-35)23-32-19-7-3-2-6-18(19)24(36)33-23/h2-3,6-9,16-17H,4-5,10-15H2,1H3,(H,30,37)(H,32,33,36). The fourth-order valence-electron chi connectivity index (χ4n) is 5.50. The first kappa shape index (κ1) is 25.2. The summed E-state index contributed by atoms with van der Waals surface area (Å²) >= 11 is 0. The van der Waals surface area contributed by atoms with E-state index in [4.69, 9.17) is 4.98 Å². The first-order valence-corrected chi connectivity index (χ1v) is 12.5. The predicted molar refractivity (Wildman–Crippen MR) is 134 cm³/mol. The lowest BCUT2D eigenvalue weighted by atomic mass is 9.93. The highest BCUT2D eigenvalue weighted by Gasteiger charge is 2.39. The molecule has 5 rings (SSSR count). The average Bonchev–Trinajstić information content (AvgIpc) is 2.92. The molecule has 0 aliphatic carbocycles. The molecule has 11 heteroatoms. The van der Waals surface area contributed by atoms with Crippen LogP contribution in [-0.2, 0) is 6.18 Å². The Bertz CT molecular complexity index is 1350. The van der Waals surface area contributed by atoms with Crippen molar-refractivity contribution in [2.24, 2.45) is 0 Å². The number of aromatic amines is 1. The molecule has 8 nitrogen and oxygen atoms in total. The minimum atomic E-state index is -4.67. The van der Waals surface area contributed by atoms with Crippen LogP contribution in [0.25, 0.3) is 10.9 Å². The quantitative estimate of drug-likeness (QED) is 0.553. The molecule has 4 heterocycles. The zero-order valence-corrected chi connectivity index (χ0v) is 20.5. The number of aromatic nitrogens is 3. The van der Waals surface area contributed by atoms with E-state index in [1.165, 1.54) is 19.2 Å². The number of H-pyrrole nitrogens is 1. The Morgan fingerprint density at radius 1 is 1.05 bits per heavy atom. The van der Waals surface area contributed by atoms with Crippen LogP contribution in [0.5, 0.6) is 0 Å². The number of amides is 1. The molecule has 2 aliphatic rings. The highest BCUT2D eigenvalue weighted by atomic mass is 19.4. The molecule has 1 unspecified atom stereocenters. The highest BCUT2D eigenvalue weighted by Crippen LogP contribution is 2.37. The van der Waals surface area contributed by atoms with Crippen molar-refractivity contribution in [3.05, 3.63) is 64.0 Å². The number of carbonyl (C=O) groups excluding carboxylic acids is 1. The Hall–Kier alpha value is -3.47. The zero-order chi connectivity index (χ0) is 26.2. The van der Waals surface area contributed by atoms with E-state index < -0.39 is 17.8 Å². The van der Waals surface area contributed by atoms with Crippen molar-refractivity contribution in [3.8, 4) is 0 Å². The lowest BCUT2D eigenvalue weighted by Crippen LogP contribution is -2.48. The molecule has 196 valence electrons. The van der Waals surface area contributed by atoms with Gasteiger partial charge in [-0.2, -0.15) is 13.2 Å². The number of piperidine rings is 2. The smallest absolute Gasteiger partial charge is 0.370 e. The van der Waals surface area contributed by atoms with Crippen molar-refractivity contribution in [1.29, 1.82) is 0 Å². The number of rotatable bonds is 4. The molecule has 0 spiro atoms. The summed E-state index contributed by atoms with van der Waals surface area (Å²) in [4.78, 5) is 39.8. The van der Waals surface area contributed by atoms with Gasteiger partial charge in [-0.15, -0.1) is 0 Å². The fraction of sp³-hybridized carbons (Fsp3) is 0.462. The summed E-state index contributed by atoms with van der Waals surface area (Å²) in [6.07, 6.45) is -1.36. The van der Waals surface area contributed by atoms with E-state index in [2.05, 4.69) is 20.2 Å². The number of para-hydroxylation sites is 1. The number of anilines is 1. The van der Waals surface area contributed by atoms with Crippen LogP contribution in [0.2, 0.25) is 0 Å². The normalized spacial score (nSPS) is 19.8. The summed E-state index contributed by atoms with van der Waals surface area (Å²) < 4.78 is 41.4. The summed E-state index contributed by atoms with van der Waals surface area (Å²) in [5.41, 5.74) is -0.733. The summed E-state index contributed by atoms with van der Waals surface area (Å²) in [5, 5.41) is 2.89. The molecule has 2 aliphatic heterocycles. The highest BCUT2D eigenvalue weighted by molar-refractivity contribution is 5.92. The third-order valence-corrected chi connectivity index (χ3v) is 7.39. The van der Waals surface area contributed by atoms with E-state index >= 15 is 0 Å². The first-order chi connectivity index (χ1) is 17.7. The predicted octanol–water partition coefficient (Wildman–Crippen LogP) is 3.54. The van der Waals surface area contributed by atoms with Gasteiger partial charge in [0.25, 0.3) is 11.5 Å². The number of halogens is 3. The van der Waals surface area contributed by atoms with Crippen LogP contribution in [0.4, 0.5) is 18.9 Å². The lowest BCUT2D eigenvalue weighted by Gasteiger charge is -2.43. The molecule has 2 aromatic heterocycles. The maximum Gasteiger partial charge on any atom is 0.435 e. The number of fused-ring (bicyclic) bond motifs is 1. The number of likely N-dealkylation sites (tertiary alicyclic amines) is 1. The fourth-order valence-corrected chi connectivity index (χ4v) is 5.50.